The van der Waals surface area contributed by atoms with Crippen molar-refractivity contribution in [2.75, 3.05) is 5.73 Å². The topological polar surface area (TPSA) is 68.0 Å². The number of nitrogens with two attached hydrogens (primary N) is 1. The van der Waals surface area contributed by atoms with Gasteiger partial charge in [0.1, 0.15) is 5.82 Å². The third-order valence-electron chi connectivity index (χ3n) is 2.58. The van der Waals surface area contributed by atoms with Crippen LogP contribution in [0.4, 0.5) is 5.82 Å². The fraction of sp³-hybridized carbons (Fsp3) is 0.231. The van der Waals surface area contributed by atoms with E-state index >= 15 is 0 Å². The van der Waals surface area contributed by atoms with Crippen LogP contribution < -0.4 is 11.1 Å². The number of carbonyl (C=O) groups is 1. The molecule has 0 aliphatic rings. The molecule has 0 aromatic carbocycles. The van der Waals surface area contributed by atoms with Crippen molar-refractivity contribution in [1.29, 1.82) is 0 Å². The van der Waals surface area contributed by atoms with E-state index < -0.39 is 0 Å². The summed E-state index contributed by atoms with van der Waals surface area (Å²) < 4.78 is 0. The summed E-state index contributed by atoms with van der Waals surface area (Å²) >= 11 is 1.69. The van der Waals surface area contributed by atoms with E-state index in [2.05, 4.69) is 10.3 Å². The molecule has 2 aromatic rings. The lowest BCUT2D eigenvalue weighted by Gasteiger charge is -2.12. The Morgan fingerprint density at radius 1 is 1.39 bits per heavy atom. The van der Waals surface area contributed by atoms with Crippen molar-refractivity contribution in [1.82, 2.24) is 10.3 Å². The third-order valence-corrected chi connectivity index (χ3v) is 3.77. The van der Waals surface area contributed by atoms with E-state index in [4.69, 9.17) is 5.73 Å². The number of thiophene rings is 1. The van der Waals surface area contributed by atoms with Crippen LogP contribution in [0.5, 0.6) is 0 Å². The first-order valence-electron chi connectivity index (χ1n) is 5.65. The fourth-order valence-electron chi connectivity index (χ4n) is 1.58. The van der Waals surface area contributed by atoms with Gasteiger partial charge in [-0.1, -0.05) is 0 Å². The summed E-state index contributed by atoms with van der Waals surface area (Å²) in [7, 11) is 0. The second-order valence-corrected chi connectivity index (χ2v) is 5.43. The Hall–Kier alpha value is -1.88. The fourth-order valence-corrected chi connectivity index (χ4v) is 2.46. The molecule has 5 heteroatoms. The molecular weight excluding hydrogens is 246 g/mol. The highest BCUT2D eigenvalue weighted by molar-refractivity contribution is 7.12. The largest absolute Gasteiger partial charge is 0.384 e. The molecule has 1 unspecified atom stereocenters. The van der Waals surface area contributed by atoms with Crippen molar-refractivity contribution >= 4 is 23.1 Å². The van der Waals surface area contributed by atoms with Crippen LogP contribution in [0.1, 0.15) is 33.1 Å². The monoisotopic (exact) mass is 261 g/mol. The van der Waals surface area contributed by atoms with Crippen molar-refractivity contribution in [3.8, 4) is 0 Å². The zero-order valence-electron chi connectivity index (χ0n) is 10.3. The molecule has 0 saturated heterocycles. The summed E-state index contributed by atoms with van der Waals surface area (Å²) in [5.41, 5.74) is 6.00. The number of nitrogens with zero attached hydrogens (tertiary/aromatic N) is 1. The van der Waals surface area contributed by atoms with Gasteiger partial charge in [-0.25, -0.2) is 4.98 Å². The number of hydrogen-bond donors (Lipinski definition) is 2. The Morgan fingerprint density at radius 3 is 2.72 bits per heavy atom. The molecule has 0 fully saturated rings. The number of aryl methyl sites for hydroxylation is 1. The minimum absolute atomic E-state index is 0.00578. The zero-order chi connectivity index (χ0) is 13.1. The molecule has 0 aliphatic carbocycles. The van der Waals surface area contributed by atoms with Crippen molar-refractivity contribution < 1.29 is 4.79 Å². The van der Waals surface area contributed by atoms with Crippen molar-refractivity contribution in [2.45, 2.75) is 19.9 Å². The summed E-state index contributed by atoms with van der Waals surface area (Å²) in [6, 6.07) is 7.37. The maximum atomic E-state index is 12.0. The molecular formula is C13H15N3OS. The van der Waals surface area contributed by atoms with Gasteiger partial charge in [0.05, 0.1) is 11.6 Å². The molecule has 0 saturated carbocycles. The maximum Gasteiger partial charge on any atom is 0.253 e. The van der Waals surface area contributed by atoms with Crippen molar-refractivity contribution in [2.24, 2.45) is 0 Å². The first kappa shape index (κ1) is 12.6. The molecule has 3 N–H and O–H groups in total. The van der Waals surface area contributed by atoms with Gasteiger partial charge in [0.25, 0.3) is 5.91 Å². The van der Waals surface area contributed by atoms with Crippen LogP contribution in [0.15, 0.2) is 30.5 Å². The molecule has 0 aliphatic heterocycles. The molecule has 0 spiro atoms. The lowest BCUT2D eigenvalue weighted by molar-refractivity contribution is 0.0940. The molecule has 1 amide bonds. The molecule has 2 rings (SSSR count). The van der Waals surface area contributed by atoms with Gasteiger partial charge in [-0.3, -0.25) is 4.79 Å². The number of carbonyl (C=O) groups excluding carboxylic acids is 1. The van der Waals surface area contributed by atoms with Gasteiger partial charge < -0.3 is 11.1 Å². The van der Waals surface area contributed by atoms with E-state index in [-0.39, 0.29) is 11.9 Å². The SMILES string of the molecule is Cc1ccc(C(C)NC(=O)c2ccc(N)nc2)s1. The highest BCUT2D eigenvalue weighted by atomic mass is 32.1. The van der Waals surface area contributed by atoms with Crippen LogP contribution in [0.25, 0.3) is 0 Å². The smallest absolute Gasteiger partial charge is 0.253 e. The second kappa shape index (κ2) is 5.18. The summed E-state index contributed by atoms with van der Waals surface area (Å²) in [4.78, 5) is 18.2. The lowest BCUT2D eigenvalue weighted by Crippen LogP contribution is -2.26. The van der Waals surface area contributed by atoms with E-state index in [0.717, 1.165) is 4.88 Å². The van der Waals surface area contributed by atoms with Crippen LogP contribution >= 0.6 is 11.3 Å². The minimum Gasteiger partial charge on any atom is -0.384 e. The van der Waals surface area contributed by atoms with Crippen LogP contribution in [0.2, 0.25) is 0 Å². The average Bonchev–Trinajstić information content (AvgIpc) is 2.76. The van der Waals surface area contributed by atoms with E-state index in [9.17, 15) is 4.79 Å². The van der Waals surface area contributed by atoms with Crippen LogP contribution in [0, 0.1) is 6.92 Å². The number of anilines is 1. The molecule has 94 valence electrons. The molecule has 18 heavy (non-hydrogen) atoms. The van der Waals surface area contributed by atoms with Gasteiger partial charge in [0.15, 0.2) is 0 Å². The van der Waals surface area contributed by atoms with Gasteiger partial charge in [0.2, 0.25) is 0 Å². The van der Waals surface area contributed by atoms with Gasteiger partial charge in [-0.15, -0.1) is 11.3 Å². The number of pyridine rings is 1. The van der Waals surface area contributed by atoms with E-state index in [1.54, 1.807) is 23.5 Å². The van der Waals surface area contributed by atoms with E-state index in [1.807, 2.05) is 26.0 Å². The average molecular weight is 261 g/mol. The highest BCUT2D eigenvalue weighted by Gasteiger charge is 2.12. The van der Waals surface area contributed by atoms with Crippen LogP contribution in [0.3, 0.4) is 0 Å². The maximum absolute atomic E-state index is 12.0. The van der Waals surface area contributed by atoms with Crippen molar-refractivity contribution in [3.63, 3.8) is 0 Å². The number of aromatic nitrogens is 1. The Kier molecular flexibility index (Phi) is 3.62. The van der Waals surface area contributed by atoms with Gasteiger partial charge >= 0.3 is 0 Å². The van der Waals surface area contributed by atoms with E-state index in [1.165, 1.54) is 11.1 Å². The summed E-state index contributed by atoms with van der Waals surface area (Å²) in [6.45, 7) is 4.01. The standard InChI is InChI=1S/C13H15N3OS/c1-8-3-5-11(18-8)9(2)16-13(17)10-4-6-12(14)15-7-10/h3-7,9H,1-2H3,(H2,14,15)(H,16,17). The number of nitrogens with one attached hydrogen (secondary N) is 1. The van der Waals surface area contributed by atoms with E-state index in [0.29, 0.717) is 11.4 Å². The predicted molar refractivity (Wildman–Crippen MR) is 73.6 cm³/mol. The van der Waals surface area contributed by atoms with Gasteiger partial charge in [-0.05, 0) is 38.1 Å². The minimum atomic E-state index is -0.138. The Labute approximate surface area is 110 Å². The number of hydrogen-bond acceptors (Lipinski definition) is 4. The molecule has 2 heterocycles. The van der Waals surface area contributed by atoms with Crippen LogP contribution in [-0.2, 0) is 0 Å². The lowest BCUT2D eigenvalue weighted by atomic mass is 10.2. The number of nitrogen functional groups attached to an aromatic ring is 1. The Bertz CT molecular complexity index is 548. The Morgan fingerprint density at radius 2 is 2.17 bits per heavy atom. The number of rotatable bonds is 3. The molecule has 4 nitrogen and oxygen atoms in total. The molecule has 0 bridgehead atoms. The molecule has 1 atom stereocenters. The first-order valence-corrected chi connectivity index (χ1v) is 6.46. The van der Waals surface area contributed by atoms with Gasteiger partial charge in [-0.2, -0.15) is 0 Å². The zero-order valence-corrected chi connectivity index (χ0v) is 11.1. The van der Waals surface area contributed by atoms with Gasteiger partial charge in [0, 0.05) is 16.0 Å². The summed E-state index contributed by atoms with van der Waals surface area (Å²) in [5.74, 6) is 0.273. The molecule has 0 radical (unpaired) electrons. The quantitative estimate of drug-likeness (QED) is 0.892. The van der Waals surface area contributed by atoms with Crippen LogP contribution in [-0.4, -0.2) is 10.9 Å². The highest BCUT2D eigenvalue weighted by Crippen LogP contribution is 2.22. The first-order chi connectivity index (χ1) is 8.56. The Balaban J connectivity index is 2.05. The summed E-state index contributed by atoms with van der Waals surface area (Å²) in [5, 5.41) is 2.94. The second-order valence-electron chi connectivity index (χ2n) is 4.12. The summed E-state index contributed by atoms with van der Waals surface area (Å²) in [6.07, 6.45) is 1.48. The van der Waals surface area contributed by atoms with Crippen molar-refractivity contribution in [3.05, 3.63) is 45.8 Å². The number of amides is 1. The predicted octanol–water partition coefficient (Wildman–Crippen LogP) is 2.52. The molecule has 2 aromatic heterocycles. The third kappa shape index (κ3) is 2.87. The normalized spacial score (nSPS) is 12.1.